The van der Waals surface area contributed by atoms with Crippen LogP contribution in [0, 0.1) is 0 Å². The average molecular weight is 376 g/mol. The lowest BCUT2D eigenvalue weighted by Crippen LogP contribution is -2.27. The fourth-order valence-corrected chi connectivity index (χ4v) is 3.07. The van der Waals surface area contributed by atoms with E-state index in [1.54, 1.807) is 36.2 Å². The second kappa shape index (κ2) is 7.42. The quantitative estimate of drug-likeness (QED) is 0.806. The van der Waals surface area contributed by atoms with Crippen LogP contribution < -0.4 is 4.90 Å². The normalized spacial score (nSPS) is 14.5. The molecule has 1 aliphatic rings. The van der Waals surface area contributed by atoms with Gasteiger partial charge in [0, 0.05) is 37.8 Å². The van der Waals surface area contributed by atoms with Gasteiger partial charge in [0.1, 0.15) is 0 Å². The Labute approximate surface area is 155 Å². The minimum Gasteiger partial charge on any atom is -0.337 e. The number of carbonyl (C=O) groups excluding carboxylic acids is 2. The highest BCUT2D eigenvalue weighted by Gasteiger charge is 2.30. The molecular weight excluding hydrogens is 357 g/mol. The molecule has 2 aromatic rings. The number of amides is 2. The lowest BCUT2D eigenvalue weighted by atomic mass is 10.1. The topological polar surface area (TPSA) is 40.6 Å². The van der Waals surface area contributed by atoms with Crippen molar-refractivity contribution < 1.29 is 22.8 Å². The molecule has 0 aliphatic carbocycles. The zero-order chi connectivity index (χ0) is 19.6. The maximum atomic E-state index is 12.6. The van der Waals surface area contributed by atoms with Crippen LogP contribution in [0.2, 0.25) is 0 Å². The van der Waals surface area contributed by atoms with Gasteiger partial charge < -0.3 is 9.80 Å². The zero-order valence-corrected chi connectivity index (χ0v) is 14.8. The molecule has 0 spiro atoms. The van der Waals surface area contributed by atoms with Gasteiger partial charge in [-0.15, -0.1) is 0 Å². The highest BCUT2D eigenvalue weighted by molar-refractivity contribution is 5.97. The van der Waals surface area contributed by atoms with E-state index in [1.807, 2.05) is 0 Å². The second-order valence-corrected chi connectivity index (χ2v) is 6.55. The number of nitrogens with zero attached hydrogens (tertiary/aromatic N) is 2. The van der Waals surface area contributed by atoms with Gasteiger partial charge in [-0.2, -0.15) is 13.2 Å². The fraction of sp³-hybridized carbons (Fsp3) is 0.300. The fourth-order valence-electron chi connectivity index (χ4n) is 3.07. The molecule has 7 heteroatoms. The van der Waals surface area contributed by atoms with Crippen molar-refractivity contribution in [3.8, 4) is 0 Å². The molecule has 0 saturated carbocycles. The highest BCUT2D eigenvalue weighted by atomic mass is 19.4. The van der Waals surface area contributed by atoms with Crippen LogP contribution in [0.3, 0.4) is 0 Å². The summed E-state index contributed by atoms with van der Waals surface area (Å²) in [6.07, 6.45) is -3.01. The molecule has 1 saturated heterocycles. The molecule has 0 radical (unpaired) electrons. The number of carbonyl (C=O) groups is 2. The van der Waals surface area contributed by atoms with Gasteiger partial charge in [0.15, 0.2) is 0 Å². The lowest BCUT2D eigenvalue weighted by Gasteiger charge is -2.19. The number of rotatable bonds is 4. The molecule has 0 unspecified atom stereocenters. The molecule has 0 N–H and O–H groups in total. The Hall–Kier alpha value is -2.83. The molecule has 142 valence electrons. The van der Waals surface area contributed by atoms with E-state index in [-0.39, 0.29) is 18.4 Å². The Morgan fingerprint density at radius 3 is 2.22 bits per heavy atom. The van der Waals surface area contributed by atoms with E-state index >= 15 is 0 Å². The molecule has 2 aromatic carbocycles. The van der Waals surface area contributed by atoms with Crippen molar-refractivity contribution in [1.29, 1.82) is 0 Å². The van der Waals surface area contributed by atoms with Gasteiger partial charge in [0.2, 0.25) is 5.91 Å². The molecule has 1 fully saturated rings. The summed E-state index contributed by atoms with van der Waals surface area (Å²) >= 11 is 0. The van der Waals surface area contributed by atoms with Crippen LogP contribution in [0.4, 0.5) is 18.9 Å². The first-order valence-electron chi connectivity index (χ1n) is 8.58. The number of benzene rings is 2. The molecule has 0 atom stereocenters. The van der Waals surface area contributed by atoms with Gasteiger partial charge in [-0.3, -0.25) is 9.59 Å². The summed E-state index contributed by atoms with van der Waals surface area (Å²) < 4.78 is 37.8. The maximum Gasteiger partial charge on any atom is 0.416 e. The van der Waals surface area contributed by atoms with E-state index in [9.17, 15) is 22.8 Å². The predicted molar refractivity (Wildman–Crippen MR) is 95.3 cm³/mol. The Bertz CT molecular complexity index is 830. The van der Waals surface area contributed by atoms with Crippen LogP contribution in [0.15, 0.2) is 48.5 Å². The smallest absolute Gasteiger partial charge is 0.337 e. The largest absolute Gasteiger partial charge is 0.416 e. The average Bonchev–Trinajstić information content (AvgIpc) is 3.07. The van der Waals surface area contributed by atoms with Crippen LogP contribution in [0.1, 0.15) is 34.3 Å². The molecule has 0 aromatic heterocycles. The number of anilines is 1. The Morgan fingerprint density at radius 2 is 1.70 bits per heavy atom. The Kier molecular flexibility index (Phi) is 5.21. The van der Waals surface area contributed by atoms with E-state index in [4.69, 9.17) is 0 Å². The van der Waals surface area contributed by atoms with E-state index in [0.29, 0.717) is 24.1 Å². The number of alkyl halides is 3. The van der Waals surface area contributed by atoms with Crippen molar-refractivity contribution >= 4 is 17.5 Å². The molecule has 2 amide bonds. The van der Waals surface area contributed by atoms with Crippen LogP contribution >= 0.6 is 0 Å². The van der Waals surface area contributed by atoms with Crippen LogP contribution in [0.5, 0.6) is 0 Å². The molecule has 27 heavy (non-hydrogen) atoms. The molecule has 1 aliphatic heterocycles. The van der Waals surface area contributed by atoms with Gasteiger partial charge in [0.05, 0.1) is 5.56 Å². The van der Waals surface area contributed by atoms with Crippen LogP contribution in [-0.2, 0) is 17.5 Å². The lowest BCUT2D eigenvalue weighted by molar-refractivity contribution is -0.137. The minimum absolute atomic E-state index is 0.0773. The predicted octanol–water partition coefficient (Wildman–Crippen LogP) is 4.10. The number of hydrogen-bond acceptors (Lipinski definition) is 2. The molecule has 4 nitrogen and oxygen atoms in total. The summed E-state index contributed by atoms with van der Waals surface area (Å²) in [5.41, 5.74) is 1.12. The van der Waals surface area contributed by atoms with Crippen molar-refractivity contribution in [3.63, 3.8) is 0 Å². The van der Waals surface area contributed by atoms with Crippen molar-refractivity contribution in [2.45, 2.75) is 25.6 Å². The first-order chi connectivity index (χ1) is 12.8. The summed E-state index contributed by atoms with van der Waals surface area (Å²) in [4.78, 5) is 27.4. The highest BCUT2D eigenvalue weighted by Crippen LogP contribution is 2.29. The summed E-state index contributed by atoms with van der Waals surface area (Å²) in [5.74, 6) is -0.164. The zero-order valence-electron chi connectivity index (χ0n) is 14.8. The Balaban J connectivity index is 1.65. The summed E-state index contributed by atoms with van der Waals surface area (Å²) in [6, 6.07) is 11.6. The third-order valence-electron chi connectivity index (χ3n) is 4.55. The first-order valence-corrected chi connectivity index (χ1v) is 8.58. The number of halogens is 3. The summed E-state index contributed by atoms with van der Waals surface area (Å²) in [6.45, 7) is 0.878. The van der Waals surface area contributed by atoms with E-state index in [1.165, 1.54) is 17.0 Å². The van der Waals surface area contributed by atoms with E-state index in [0.717, 1.165) is 24.2 Å². The van der Waals surface area contributed by atoms with Crippen molar-refractivity contribution in [2.75, 3.05) is 18.5 Å². The van der Waals surface area contributed by atoms with Crippen molar-refractivity contribution in [1.82, 2.24) is 4.90 Å². The second-order valence-electron chi connectivity index (χ2n) is 6.55. The maximum absolute atomic E-state index is 12.6. The third kappa shape index (κ3) is 4.30. The van der Waals surface area contributed by atoms with Gasteiger partial charge in [-0.1, -0.05) is 12.1 Å². The summed E-state index contributed by atoms with van der Waals surface area (Å²) in [5, 5.41) is 0. The van der Waals surface area contributed by atoms with Crippen LogP contribution in [-0.4, -0.2) is 30.3 Å². The van der Waals surface area contributed by atoms with Gasteiger partial charge in [-0.25, -0.2) is 0 Å². The van der Waals surface area contributed by atoms with Crippen molar-refractivity contribution in [3.05, 3.63) is 65.2 Å². The molecule has 0 bridgehead atoms. The molecule has 3 rings (SSSR count). The van der Waals surface area contributed by atoms with Crippen molar-refractivity contribution in [2.24, 2.45) is 0 Å². The summed E-state index contributed by atoms with van der Waals surface area (Å²) in [7, 11) is 1.60. The number of hydrogen-bond donors (Lipinski definition) is 0. The van der Waals surface area contributed by atoms with E-state index < -0.39 is 11.7 Å². The van der Waals surface area contributed by atoms with Gasteiger partial charge >= 0.3 is 6.18 Å². The molecular formula is C20H19F3N2O2. The van der Waals surface area contributed by atoms with Gasteiger partial charge in [-0.05, 0) is 48.4 Å². The minimum atomic E-state index is -4.38. The third-order valence-corrected chi connectivity index (χ3v) is 4.55. The van der Waals surface area contributed by atoms with Gasteiger partial charge in [0.25, 0.3) is 5.91 Å². The molecule has 1 heterocycles. The van der Waals surface area contributed by atoms with E-state index in [2.05, 4.69) is 0 Å². The standard InChI is InChI=1S/C20H19F3N2O2/c1-24(13-14-4-8-16(9-5-14)20(21,22)23)19(27)15-6-10-17(11-7-15)25-12-2-3-18(25)26/h4-11H,2-3,12-13H2,1H3. The first kappa shape index (κ1) is 18.9. The monoisotopic (exact) mass is 376 g/mol. The SMILES string of the molecule is CN(Cc1ccc(C(F)(F)F)cc1)C(=O)c1ccc(N2CCCC2=O)cc1. The Morgan fingerprint density at radius 1 is 1.07 bits per heavy atom. The van der Waals surface area contributed by atoms with Crippen LogP contribution in [0.25, 0.3) is 0 Å².